The molecule has 1 N–H and O–H groups in total. The van der Waals surface area contributed by atoms with Gasteiger partial charge in [0, 0.05) is 27.2 Å². The van der Waals surface area contributed by atoms with Gasteiger partial charge in [0.2, 0.25) is 5.89 Å². The van der Waals surface area contributed by atoms with E-state index in [-0.39, 0.29) is 29.8 Å². The van der Waals surface area contributed by atoms with Gasteiger partial charge in [-0.25, -0.2) is 9.37 Å². The standard InChI is InChI=1S/C22H32FN5O.HI/c1-16-17(2)29-21(26-16)15-28-10-8-18(9-11-28)13-25-22(24-3)27(4)14-19-6-5-7-20(23)12-19;/h5-7,12,18H,8-11,13-15H2,1-4H3,(H,24,25);1H. The summed E-state index contributed by atoms with van der Waals surface area (Å²) in [5, 5.41) is 3.48. The summed E-state index contributed by atoms with van der Waals surface area (Å²) < 4.78 is 19.1. The molecule has 0 bridgehead atoms. The van der Waals surface area contributed by atoms with Crippen LogP contribution in [0.25, 0.3) is 0 Å². The Morgan fingerprint density at radius 1 is 1.33 bits per heavy atom. The van der Waals surface area contributed by atoms with Gasteiger partial charge < -0.3 is 14.6 Å². The van der Waals surface area contributed by atoms with Crippen LogP contribution in [0, 0.1) is 25.6 Å². The Labute approximate surface area is 196 Å². The quantitative estimate of drug-likeness (QED) is 0.349. The molecular weight excluding hydrogens is 496 g/mol. The molecule has 1 aliphatic rings. The molecule has 1 saturated heterocycles. The zero-order valence-electron chi connectivity index (χ0n) is 18.3. The van der Waals surface area contributed by atoms with E-state index in [1.54, 1.807) is 19.2 Å². The van der Waals surface area contributed by atoms with E-state index in [0.29, 0.717) is 12.5 Å². The average molecular weight is 529 g/mol. The maximum Gasteiger partial charge on any atom is 0.208 e. The lowest BCUT2D eigenvalue weighted by Crippen LogP contribution is -2.43. The molecular formula is C22H33FIN5O. The Morgan fingerprint density at radius 3 is 2.67 bits per heavy atom. The predicted molar refractivity (Wildman–Crippen MR) is 129 cm³/mol. The third-order valence-electron chi connectivity index (χ3n) is 5.57. The second-order valence-electron chi connectivity index (χ2n) is 7.88. The van der Waals surface area contributed by atoms with Crippen LogP contribution in [-0.2, 0) is 13.1 Å². The normalized spacial score (nSPS) is 15.7. The van der Waals surface area contributed by atoms with Crippen LogP contribution in [0.2, 0.25) is 0 Å². The summed E-state index contributed by atoms with van der Waals surface area (Å²) in [6.45, 7) is 8.33. The van der Waals surface area contributed by atoms with E-state index in [2.05, 4.69) is 20.2 Å². The number of likely N-dealkylation sites (tertiary alicyclic amines) is 1. The first-order chi connectivity index (χ1) is 13.9. The molecule has 0 spiro atoms. The molecule has 0 atom stereocenters. The number of rotatable bonds is 6. The molecule has 30 heavy (non-hydrogen) atoms. The van der Waals surface area contributed by atoms with Crippen molar-refractivity contribution in [3.05, 3.63) is 53.0 Å². The van der Waals surface area contributed by atoms with Crippen LogP contribution in [0.15, 0.2) is 33.7 Å². The minimum Gasteiger partial charge on any atom is -0.444 e. The molecule has 0 unspecified atom stereocenters. The van der Waals surface area contributed by atoms with Crippen LogP contribution in [-0.4, -0.2) is 54.5 Å². The molecule has 6 nitrogen and oxygen atoms in total. The molecule has 0 amide bonds. The Morgan fingerprint density at radius 2 is 2.07 bits per heavy atom. The first-order valence-electron chi connectivity index (χ1n) is 10.3. The van der Waals surface area contributed by atoms with E-state index < -0.39 is 0 Å². The fourth-order valence-electron chi connectivity index (χ4n) is 3.75. The maximum atomic E-state index is 13.4. The lowest BCUT2D eigenvalue weighted by atomic mass is 9.97. The number of oxazole rings is 1. The molecule has 0 aliphatic carbocycles. The first-order valence-corrected chi connectivity index (χ1v) is 10.3. The highest BCUT2D eigenvalue weighted by atomic mass is 127. The SMILES string of the molecule is CN=C(NCC1CCN(Cc2nc(C)c(C)o2)CC1)N(C)Cc1cccc(F)c1.I. The van der Waals surface area contributed by atoms with Gasteiger partial charge in [0.05, 0.1) is 12.2 Å². The zero-order valence-corrected chi connectivity index (χ0v) is 20.7. The van der Waals surface area contributed by atoms with Crippen LogP contribution in [0.4, 0.5) is 4.39 Å². The molecule has 8 heteroatoms. The molecule has 3 rings (SSSR count). The highest BCUT2D eigenvalue weighted by molar-refractivity contribution is 14.0. The topological polar surface area (TPSA) is 56.9 Å². The van der Waals surface area contributed by atoms with E-state index >= 15 is 0 Å². The number of halogens is 2. The van der Waals surface area contributed by atoms with Crippen molar-refractivity contribution in [3.63, 3.8) is 0 Å². The number of nitrogens with one attached hydrogen (secondary N) is 1. The van der Waals surface area contributed by atoms with Crippen molar-refractivity contribution in [3.8, 4) is 0 Å². The summed E-state index contributed by atoms with van der Waals surface area (Å²) in [6.07, 6.45) is 2.27. The Balaban J connectivity index is 0.00000320. The van der Waals surface area contributed by atoms with Crippen molar-refractivity contribution >= 4 is 29.9 Å². The van der Waals surface area contributed by atoms with E-state index in [1.807, 2.05) is 31.9 Å². The number of hydrogen-bond donors (Lipinski definition) is 1. The van der Waals surface area contributed by atoms with E-state index in [1.165, 1.54) is 6.07 Å². The monoisotopic (exact) mass is 529 g/mol. The Hall–Kier alpha value is -1.68. The molecule has 1 aromatic carbocycles. The zero-order chi connectivity index (χ0) is 20.8. The summed E-state index contributed by atoms with van der Waals surface area (Å²) in [6, 6.07) is 6.70. The smallest absolute Gasteiger partial charge is 0.208 e. The number of hydrogen-bond acceptors (Lipinski definition) is 4. The average Bonchev–Trinajstić information content (AvgIpc) is 3.00. The second-order valence-corrected chi connectivity index (χ2v) is 7.88. The van der Waals surface area contributed by atoms with Crippen LogP contribution >= 0.6 is 24.0 Å². The van der Waals surface area contributed by atoms with E-state index in [0.717, 1.165) is 67.9 Å². The summed E-state index contributed by atoms with van der Waals surface area (Å²) in [5.41, 5.74) is 1.91. The molecule has 0 radical (unpaired) electrons. The minimum atomic E-state index is -0.208. The number of nitrogens with zero attached hydrogens (tertiary/aromatic N) is 4. The van der Waals surface area contributed by atoms with Crippen molar-refractivity contribution in [1.29, 1.82) is 0 Å². The molecule has 1 aliphatic heterocycles. The molecule has 0 saturated carbocycles. The number of benzene rings is 1. The third-order valence-corrected chi connectivity index (χ3v) is 5.57. The fourth-order valence-corrected chi connectivity index (χ4v) is 3.75. The summed E-state index contributed by atoms with van der Waals surface area (Å²) in [7, 11) is 3.76. The Bertz CT molecular complexity index is 813. The van der Waals surface area contributed by atoms with Gasteiger partial charge in [0.1, 0.15) is 11.6 Å². The summed E-state index contributed by atoms with van der Waals surface area (Å²) >= 11 is 0. The van der Waals surface area contributed by atoms with Gasteiger partial charge in [-0.3, -0.25) is 9.89 Å². The second kappa shape index (κ2) is 11.6. The van der Waals surface area contributed by atoms with Crippen molar-refractivity contribution in [2.45, 2.75) is 39.8 Å². The minimum absolute atomic E-state index is 0. The van der Waals surface area contributed by atoms with Crippen LogP contribution in [0.1, 0.15) is 35.7 Å². The van der Waals surface area contributed by atoms with Gasteiger partial charge in [-0.1, -0.05) is 12.1 Å². The van der Waals surface area contributed by atoms with Gasteiger partial charge in [0.15, 0.2) is 5.96 Å². The van der Waals surface area contributed by atoms with Gasteiger partial charge in [-0.15, -0.1) is 24.0 Å². The van der Waals surface area contributed by atoms with Gasteiger partial charge >= 0.3 is 0 Å². The van der Waals surface area contributed by atoms with Crippen LogP contribution in [0.3, 0.4) is 0 Å². The summed E-state index contributed by atoms with van der Waals surface area (Å²) in [4.78, 5) is 13.3. The maximum absolute atomic E-state index is 13.4. The van der Waals surface area contributed by atoms with Crippen molar-refractivity contribution in [1.82, 2.24) is 20.1 Å². The van der Waals surface area contributed by atoms with E-state index in [9.17, 15) is 4.39 Å². The van der Waals surface area contributed by atoms with E-state index in [4.69, 9.17) is 4.42 Å². The first kappa shape index (κ1) is 24.6. The molecule has 1 fully saturated rings. The number of aromatic nitrogens is 1. The largest absolute Gasteiger partial charge is 0.444 e. The number of aliphatic imine (C=N–C) groups is 1. The van der Waals surface area contributed by atoms with Gasteiger partial charge in [-0.05, 0) is 63.4 Å². The van der Waals surface area contributed by atoms with Crippen molar-refractivity contribution in [2.24, 2.45) is 10.9 Å². The van der Waals surface area contributed by atoms with Crippen molar-refractivity contribution < 1.29 is 8.81 Å². The molecule has 166 valence electrons. The lowest BCUT2D eigenvalue weighted by molar-refractivity contribution is 0.163. The van der Waals surface area contributed by atoms with Gasteiger partial charge in [0.25, 0.3) is 0 Å². The molecule has 1 aromatic heterocycles. The van der Waals surface area contributed by atoms with Crippen LogP contribution in [0.5, 0.6) is 0 Å². The van der Waals surface area contributed by atoms with Crippen molar-refractivity contribution in [2.75, 3.05) is 33.7 Å². The molecule has 2 aromatic rings. The highest BCUT2D eigenvalue weighted by Crippen LogP contribution is 2.19. The predicted octanol–water partition coefficient (Wildman–Crippen LogP) is 3.97. The number of guanidine groups is 1. The number of aryl methyl sites for hydroxylation is 2. The summed E-state index contributed by atoms with van der Waals surface area (Å²) in [5.74, 6) is 2.96. The third kappa shape index (κ3) is 6.94. The lowest BCUT2D eigenvalue weighted by Gasteiger charge is -2.32. The van der Waals surface area contributed by atoms with Crippen LogP contribution < -0.4 is 5.32 Å². The fraction of sp³-hybridized carbons (Fsp3) is 0.545. The van der Waals surface area contributed by atoms with Gasteiger partial charge in [-0.2, -0.15) is 0 Å². The molecule has 2 heterocycles. The number of piperidine rings is 1. The Kier molecular flexibility index (Phi) is 9.54. The highest BCUT2D eigenvalue weighted by Gasteiger charge is 2.21.